The molecule has 96 valence electrons. The molecule has 0 saturated heterocycles. The van der Waals surface area contributed by atoms with Gasteiger partial charge in [-0.25, -0.2) is 0 Å². The average Bonchev–Trinajstić information content (AvgIpc) is 2.94. The summed E-state index contributed by atoms with van der Waals surface area (Å²) in [6.45, 7) is 1.11. The summed E-state index contributed by atoms with van der Waals surface area (Å²) in [7, 11) is 1.64. The smallest absolute Gasteiger partial charge is 0.123 e. The van der Waals surface area contributed by atoms with E-state index in [9.17, 15) is 0 Å². The molecular weight excluding hydrogens is 228 g/mol. The maximum Gasteiger partial charge on any atom is 0.123 e. The molecule has 1 atom stereocenters. The fourth-order valence-electron chi connectivity index (χ4n) is 1.78. The molecule has 1 heterocycles. The lowest BCUT2D eigenvalue weighted by atomic mass is 10.0. The highest BCUT2D eigenvalue weighted by Gasteiger charge is 2.11. The van der Waals surface area contributed by atoms with Crippen molar-refractivity contribution < 1.29 is 9.47 Å². The third-order valence-corrected chi connectivity index (χ3v) is 2.87. The van der Waals surface area contributed by atoms with E-state index in [0.717, 1.165) is 11.5 Å². The van der Waals surface area contributed by atoms with Crippen molar-refractivity contribution in [1.29, 1.82) is 0 Å². The summed E-state index contributed by atoms with van der Waals surface area (Å²) >= 11 is 0. The van der Waals surface area contributed by atoms with Crippen LogP contribution in [0.5, 0.6) is 11.5 Å². The summed E-state index contributed by atoms with van der Waals surface area (Å²) < 4.78 is 10.9. The van der Waals surface area contributed by atoms with Crippen molar-refractivity contribution in [2.75, 3.05) is 20.3 Å². The first kappa shape index (κ1) is 12.5. The number of ether oxygens (including phenoxy) is 2. The predicted molar refractivity (Wildman–Crippen MR) is 71.1 cm³/mol. The molecule has 2 rings (SSSR count). The molecule has 1 aromatic carbocycles. The van der Waals surface area contributed by atoms with Gasteiger partial charge in [-0.1, -0.05) is 6.07 Å². The molecule has 0 spiro atoms. The van der Waals surface area contributed by atoms with E-state index in [2.05, 4.69) is 4.98 Å². The van der Waals surface area contributed by atoms with Crippen LogP contribution in [0.1, 0.15) is 11.5 Å². The van der Waals surface area contributed by atoms with Crippen LogP contribution in [0.15, 0.2) is 42.7 Å². The van der Waals surface area contributed by atoms with Gasteiger partial charge in [0.05, 0.1) is 13.7 Å². The lowest BCUT2D eigenvalue weighted by Gasteiger charge is -2.15. The van der Waals surface area contributed by atoms with Crippen LogP contribution in [0.25, 0.3) is 0 Å². The monoisotopic (exact) mass is 246 g/mol. The zero-order chi connectivity index (χ0) is 12.8. The van der Waals surface area contributed by atoms with E-state index < -0.39 is 0 Å². The summed E-state index contributed by atoms with van der Waals surface area (Å²) in [5.41, 5.74) is 6.93. The van der Waals surface area contributed by atoms with Gasteiger partial charge >= 0.3 is 0 Å². The van der Waals surface area contributed by atoms with Crippen LogP contribution in [0, 0.1) is 0 Å². The number of benzene rings is 1. The highest BCUT2D eigenvalue weighted by atomic mass is 16.5. The summed E-state index contributed by atoms with van der Waals surface area (Å²) in [6.07, 6.45) is 3.84. The van der Waals surface area contributed by atoms with Gasteiger partial charge in [-0.05, 0) is 23.8 Å². The highest BCUT2D eigenvalue weighted by Crippen LogP contribution is 2.21. The molecule has 4 heteroatoms. The first-order valence-electron chi connectivity index (χ1n) is 5.93. The van der Waals surface area contributed by atoms with Crippen molar-refractivity contribution in [2.24, 2.45) is 5.73 Å². The molecule has 0 bridgehead atoms. The molecule has 0 aliphatic carbocycles. The Morgan fingerprint density at radius 3 is 2.78 bits per heavy atom. The Morgan fingerprint density at radius 1 is 1.28 bits per heavy atom. The van der Waals surface area contributed by atoms with Gasteiger partial charge in [0, 0.05) is 30.9 Å². The molecule has 0 saturated carbocycles. The van der Waals surface area contributed by atoms with Crippen molar-refractivity contribution in [3.63, 3.8) is 0 Å². The lowest BCUT2D eigenvalue weighted by molar-refractivity contribution is 0.288. The first-order chi connectivity index (χ1) is 8.83. The number of methoxy groups -OCH3 is 1. The molecule has 0 aliphatic heterocycles. The fraction of sp³-hybridized carbons (Fsp3) is 0.286. The number of nitrogens with two attached hydrogens (primary N) is 1. The van der Waals surface area contributed by atoms with Crippen LogP contribution < -0.4 is 15.2 Å². The molecular formula is C14H18N2O2. The van der Waals surface area contributed by atoms with E-state index in [1.54, 1.807) is 7.11 Å². The molecule has 0 amide bonds. The van der Waals surface area contributed by atoms with Gasteiger partial charge in [0.1, 0.15) is 11.5 Å². The average molecular weight is 246 g/mol. The Morgan fingerprint density at radius 2 is 2.11 bits per heavy atom. The fourth-order valence-corrected chi connectivity index (χ4v) is 1.78. The van der Waals surface area contributed by atoms with Crippen LogP contribution in [0.2, 0.25) is 0 Å². The second-order valence-corrected chi connectivity index (χ2v) is 4.07. The summed E-state index contributed by atoms with van der Waals surface area (Å²) in [6, 6.07) is 9.59. The van der Waals surface area contributed by atoms with Crippen molar-refractivity contribution in [3.05, 3.63) is 48.3 Å². The minimum Gasteiger partial charge on any atom is -0.497 e. The molecule has 2 aromatic rings. The molecule has 0 aliphatic rings. The minimum absolute atomic E-state index is 0.197. The maximum absolute atomic E-state index is 5.77. The van der Waals surface area contributed by atoms with Crippen molar-refractivity contribution >= 4 is 0 Å². The number of nitrogens with one attached hydrogen (secondary N) is 1. The van der Waals surface area contributed by atoms with E-state index in [4.69, 9.17) is 15.2 Å². The standard InChI is InChI=1S/C14H18N2O2/c1-17-13-3-2-4-14(7-13)18-10-12(8-15)11-5-6-16-9-11/h2-7,9,12,16H,8,10,15H2,1H3. The van der Waals surface area contributed by atoms with Crippen LogP contribution in [0.3, 0.4) is 0 Å². The van der Waals surface area contributed by atoms with Crippen molar-refractivity contribution in [2.45, 2.75) is 5.92 Å². The molecule has 0 radical (unpaired) electrons. The van der Waals surface area contributed by atoms with Gasteiger partial charge in [0.2, 0.25) is 0 Å². The van der Waals surface area contributed by atoms with Crippen LogP contribution in [-0.2, 0) is 0 Å². The Bertz CT molecular complexity index is 468. The van der Waals surface area contributed by atoms with Crippen LogP contribution in [0.4, 0.5) is 0 Å². The topological polar surface area (TPSA) is 60.3 Å². The number of rotatable bonds is 6. The number of hydrogen-bond acceptors (Lipinski definition) is 3. The number of H-pyrrole nitrogens is 1. The zero-order valence-electron chi connectivity index (χ0n) is 10.4. The molecule has 1 unspecified atom stereocenters. The third kappa shape index (κ3) is 3.05. The zero-order valence-corrected chi connectivity index (χ0v) is 10.4. The van der Waals surface area contributed by atoms with E-state index in [-0.39, 0.29) is 5.92 Å². The van der Waals surface area contributed by atoms with Gasteiger partial charge in [-0.15, -0.1) is 0 Å². The Balaban J connectivity index is 1.97. The second-order valence-electron chi connectivity index (χ2n) is 4.07. The molecule has 3 N–H and O–H groups in total. The number of hydrogen-bond donors (Lipinski definition) is 2. The largest absolute Gasteiger partial charge is 0.497 e. The van der Waals surface area contributed by atoms with Gasteiger partial charge in [-0.2, -0.15) is 0 Å². The Kier molecular flexibility index (Phi) is 4.25. The van der Waals surface area contributed by atoms with E-state index in [1.165, 1.54) is 5.56 Å². The SMILES string of the molecule is COc1cccc(OCC(CN)c2cc[nH]c2)c1. The summed E-state index contributed by atoms with van der Waals surface area (Å²) in [4.78, 5) is 3.03. The number of aromatic nitrogens is 1. The van der Waals surface area contributed by atoms with Gasteiger partial charge in [0.25, 0.3) is 0 Å². The quantitative estimate of drug-likeness (QED) is 0.821. The van der Waals surface area contributed by atoms with E-state index in [1.807, 2.05) is 42.7 Å². The molecule has 4 nitrogen and oxygen atoms in total. The summed E-state index contributed by atoms with van der Waals surface area (Å²) in [5, 5.41) is 0. The van der Waals surface area contributed by atoms with Crippen molar-refractivity contribution in [1.82, 2.24) is 4.98 Å². The van der Waals surface area contributed by atoms with E-state index in [0.29, 0.717) is 13.2 Å². The second kappa shape index (κ2) is 6.12. The van der Waals surface area contributed by atoms with E-state index >= 15 is 0 Å². The maximum atomic E-state index is 5.77. The predicted octanol–water partition coefficient (Wildman–Crippen LogP) is 2.14. The van der Waals surface area contributed by atoms with Gasteiger partial charge < -0.3 is 20.2 Å². The molecule has 0 fully saturated rings. The summed E-state index contributed by atoms with van der Waals surface area (Å²) in [5.74, 6) is 1.78. The lowest BCUT2D eigenvalue weighted by Crippen LogP contribution is -2.19. The Labute approximate surface area is 107 Å². The minimum atomic E-state index is 0.197. The van der Waals surface area contributed by atoms with Gasteiger partial charge in [0.15, 0.2) is 0 Å². The number of aromatic amines is 1. The van der Waals surface area contributed by atoms with Crippen molar-refractivity contribution in [3.8, 4) is 11.5 Å². The van der Waals surface area contributed by atoms with Crippen LogP contribution in [-0.4, -0.2) is 25.2 Å². The normalized spacial score (nSPS) is 12.1. The molecule has 1 aromatic heterocycles. The first-order valence-corrected chi connectivity index (χ1v) is 5.93. The van der Waals surface area contributed by atoms with Gasteiger partial charge in [-0.3, -0.25) is 0 Å². The third-order valence-electron chi connectivity index (χ3n) is 2.87. The Hall–Kier alpha value is -1.94. The van der Waals surface area contributed by atoms with Crippen LogP contribution >= 0.6 is 0 Å². The molecule has 18 heavy (non-hydrogen) atoms. The highest BCUT2D eigenvalue weighted by molar-refractivity contribution is 5.33.